The number of hydrogen-bond donors (Lipinski definition) is 2. The molecule has 1 heterocycles. The third-order valence-corrected chi connectivity index (χ3v) is 4.52. The van der Waals surface area contributed by atoms with Crippen LogP contribution in [0.2, 0.25) is 0 Å². The van der Waals surface area contributed by atoms with Crippen LogP contribution in [0.1, 0.15) is 11.5 Å². The lowest BCUT2D eigenvalue weighted by Gasteiger charge is -2.22. The number of nitrogens with one attached hydrogen (secondary N) is 1. The number of aliphatic hydroxyl groups excluding tert-OH is 1. The molecule has 0 aliphatic carbocycles. The molecule has 2 aromatic carbocycles. The van der Waals surface area contributed by atoms with E-state index in [0.29, 0.717) is 6.07 Å². The van der Waals surface area contributed by atoms with E-state index in [1.165, 1.54) is 17.0 Å². The molecule has 3 rings (SSSR count). The fourth-order valence-corrected chi connectivity index (χ4v) is 3.25. The number of likely N-dealkylation sites (tertiary alicyclic amines) is 1. The average Bonchev–Trinajstić information content (AvgIpc) is 2.86. The molecule has 2 aromatic rings. The van der Waals surface area contributed by atoms with Crippen molar-refractivity contribution in [1.29, 1.82) is 0 Å². The van der Waals surface area contributed by atoms with E-state index in [1.807, 2.05) is 0 Å². The van der Waals surface area contributed by atoms with Crippen molar-refractivity contribution < 1.29 is 27.5 Å². The van der Waals surface area contributed by atoms with Crippen LogP contribution >= 0.6 is 0 Å². The van der Waals surface area contributed by atoms with Gasteiger partial charge in [0.2, 0.25) is 5.91 Å². The normalized spacial score (nSPS) is 23.2. The van der Waals surface area contributed by atoms with Crippen LogP contribution in [0.3, 0.4) is 0 Å². The Bertz CT molecular complexity index is 826. The maximum atomic E-state index is 13.8. The first-order valence-corrected chi connectivity index (χ1v) is 7.87. The van der Waals surface area contributed by atoms with Crippen LogP contribution in [0.5, 0.6) is 0 Å². The molecule has 0 bridgehead atoms. The highest BCUT2D eigenvalue weighted by atomic mass is 19.2. The van der Waals surface area contributed by atoms with Gasteiger partial charge in [0.05, 0.1) is 11.6 Å². The summed E-state index contributed by atoms with van der Waals surface area (Å²) >= 11 is 0. The number of hydrogen-bond acceptors (Lipinski definition) is 3. The zero-order chi connectivity index (χ0) is 19.0. The van der Waals surface area contributed by atoms with Crippen LogP contribution in [0.4, 0.5) is 23.2 Å². The number of aliphatic hydroxyl groups is 1. The predicted molar refractivity (Wildman–Crippen MR) is 86.2 cm³/mol. The molecule has 4 nitrogen and oxygen atoms in total. The number of halogens is 4. The summed E-state index contributed by atoms with van der Waals surface area (Å²) in [4.78, 5) is 14.1. The minimum Gasteiger partial charge on any atom is -0.378 e. The van der Waals surface area contributed by atoms with E-state index in [9.17, 15) is 27.5 Å². The molecule has 2 N–H and O–H groups in total. The van der Waals surface area contributed by atoms with E-state index in [1.54, 1.807) is 7.05 Å². The molecule has 1 saturated heterocycles. The molecule has 3 unspecified atom stereocenters. The molecule has 138 valence electrons. The van der Waals surface area contributed by atoms with Gasteiger partial charge in [-0.25, -0.2) is 17.6 Å². The molecular weight excluding hydrogens is 352 g/mol. The van der Waals surface area contributed by atoms with E-state index in [0.717, 1.165) is 18.2 Å². The fraction of sp³-hybridized carbons (Fsp3) is 0.278. The lowest BCUT2D eigenvalue weighted by molar-refractivity contribution is -0.124. The first-order valence-electron chi connectivity index (χ1n) is 7.87. The topological polar surface area (TPSA) is 52.6 Å². The number of carbonyl (C=O) groups is 1. The van der Waals surface area contributed by atoms with E-state index in [2.05, 4.69) is 5.32 Å². The highest BCUT2D eigenvalue weighted by Crippen LogP contribution is 2.37. The maximum Gasteiger partial charge on any atom is 0.232 e. The van der Waals surface area contributed by atoms with Crippen molar-refractivity contribution in [3.05, 3.63) is 65.2 Å². The van der Waals surface area contributed by atoms with Gasteiger partial charge in [-0.05, 0) is 36.9 Å². The Hall–Kier alpha value is -2.45. The van der Waals surface area contributed by atoms with Crippen LogP contribution in [0, 0.1) is 29.2 Å². The number of rotatable bonds is 3. The summed E-state index contributed by atoms with van der Waals surface area (Å²) in [7, 11) is 1.55. The molecule has 0 spiro atoms. The van der Waals surface area contributed by atoms with Crippen LogP contribution in [0.25, 0.3) is 0 Å². The van der Waals surface area contributed by atoms with Crippen molar-refractivity contribution in [1.82, 2.24) is 4.90 Å². The summed E-state index contributed by atoms with van der Waals surface area (Å²) in [6.45, 7) is 0.160. The Morgan fingerprint density at radius 2 is 1.81 bits per heavy atom. The van der Waals surface area contributed by atoms with Gasteiger partial charge in [0.1, 0.15) is 17.9 Å². The van der Waals surface area contributed by atoms with Crippen molar-refractivity contribution in [2.45, 2.75) is 12.1 Å². The number of carbonyl (C=O) groups excluding carboxylic acids is 1. The minimum absolute atomic E-state index is 0.160. The molecule has 3 atom stereocenters. The smallest absolute Gasteiger partial charge is 0.232 e. The summed E-state index contributed by atoms with van der Waals surface area (Å²) in [5.41, 5.74) is -0.174. The zero-order valence-corrected chi connectivity index (χ0v) is 13.7. The van der Waals surface area contributed by atoms with Crippen molar-refractivity contribution in [3.63, 3.8) is 0 Å². The van der Waals surface area contributed by atoms with E-state index < -0.39 is 47.2 Å². The first kappa shape index (κ1) is 18.3. The molecule has 1 aliphatic rings. The fourth-order valence-electron chi connectivity index (χ4n) is 3.25. The van der Waals surface area contributed by atoms with Crippen LogP contribution in [0.15, 0.2) is 36.4 Å². The molecule has 0 radical (unpaired) electrons. The summed E-state index contributed by atoms with van der Waals surface area (Å²) in [6.07, 6.45) is -1.25. The predicted octanol–water partition coefficient (Wildman–Crippen LogP) is 2.85. The number of amides is 1. The Kier molecular flexibility index (Phi) is 4.97. The standard InChI is InChI=1S/C18H16F4N2O2/c1-24-8-12(9-5-10(19)7-11(20)6-9)15(18(24)26)17(25)23-14-4-2-3-13(21)16(14)22/h2-7,12,15,18,26H,8H2,1H3,(H,23,25). The Morgan fingerprint density at radius 3 is 2.46 bits per heavy atom. The molecular formula is C18H16F4N2O2. The van der Waals surface area contributed by atoms with Gasteiger partial charge in [0.25, 0.3) is 0 Å². The second kappa shape index (κ2) is 7.05. The van der Waals surface area contributed by atoms with Crippen LogP contribution < -0.4 is 5.32 Å². The van der Waals surface area contributed by atoms with Gasteiger partial charge < -0.3 is 10.4 Å². The Morgan fingerprint density at radius 1 is 1.15 bits per heavy atom. The largest absolute Gasteiger partial charge is 0.378 e. The van der Waals surface area contributed by atoms with Crippen molar-refractivity contribution in [2.75, 3.05) is 18.9 Å². The molecule has 1 aliphatic heterocycles. The van der Waals surface area contributed by atoms with Gasteiger partial charge in [-0.15, -0.1) is 0 Å². The monoisotopic (exact) mass is 368 g/mol. The quantitative estimate of drug-likeness (QED) is 0.820. The third-order valence-electron chi connectivity index (χ3n) is 4.52. The third kappa shape index (κ3) is 3.42. The molecule has 1 fully saturated rings. The van der Waals surface area contributed by atoms with Gasteiger partial charge in [0, 0.05) is 18.5 Å². The van der Waals surface area contributed by atoms with Crippen molar-refractivity contribution in [2.24, 2.45) is 5.92 Å². The van der Waals surface area contributed by atoms with Crippen molar-refractivity contribution >= 4 is 11.6 Å². The highest BCUT2D eigenvalue weighted by molar-refractivity contribution is 5.94. The molecule has 1 amide bonds. The van der Waals surface area contributed by atoms with Crippen molar-refractivity contribution in [3.8, 4) is 0 Å². The summed E-state index contributed by atoms with van der Waals surface area (Å²) in [6, 6.07) is 6.19. The molecule has 0 aromatic heterocycles. The van der Waals surface area contributed by atoms with Gasteiger partial charge in [-0.2, -0.15) is 0 Å². The van der Waals surface area contributed by atoms with E-state index in [4.69, 9.17) is 0 Å². The lowest BCUT2D eigenvalue weighted by atomic mass is 9.87. The Balaban J connectivity index is 1.91. The second-order valence-electron chi connectivity index (χ2n) is 6.28. The van der Waals surface area contributed by atoms with Gasteiger partial charge in [-0.1, -0.05) is 6.07 Å². The van der Waals surface area contributed by atoms with E-state index in [-0.39, 0.29) is 17.8 Å². The SMILES string of the molecule is CN1CC(c2cc(F)cc(F)c2)C(C(=O)Nc2cccc(F)c2F)C1O. The first-order chi connectivity index (χ1) is 12.3. The average molecular weight is 368 g/mol. The number of likely N-dealkylation sites (N-methyl/N-ethyl adjacent to an activating group) is 1. The maximum absolute atomic E-state index is 13.8. The second-order valence-corrected chi connectivity index (χ2v) is 6.28. The van der Waals surface area contributed by atoms with Crippen LogP contribution in [-0.2, 0) is 4.79 Å². The lowest BCUT2D eigenvalue weighted by Crippen LogP contribution is -2.36. The summed E-state index contributed by atoms with van der Waals surface area (Å²) < 4.78 is 54.2. The van der Waals surface area contributed by atoms with Crippen LogP contribution in [-0.4, -0.2) is 35.7 Å². The molecule has 26 heavy (non-hydrogen) atoms. The van der Waals surface area contributed by atoms with Gasteiger partial charge >= 0.3 is 0 Å². The van der Waals surface area contributed by atoms with Gasteiger partial charge in [0.15, 0.2) is 11.6 Å². The Labute approximate surface area is 147 Å². The molecule has 8 heteroatoms. The number of anilines is 1. The zero-order valence-electron chi connectivity index (χ0n) is 13.7. The summed E-state index contributed by atoms with van der Waals surface area (Å²) in [5.74, 6) is -6.59. The number of benzene rings is 2. The minimum atomic E-state index is -1.25. The van der Waals surface area contributed by atoms with E-state index >= 15 is 0 Å². The summed E-state index contributed by atoms with van der Waals surface area (Å²) in [5, 5.41) is 12.6. The highest BCUT2D eigenvalue weighted by Gasteiger charge is 2.44. The molecule has 0 saturated carbocycles. The van der Waals surface area contributed by atoms with Gasteiger partial charge in [-0.3, -0.25) is 9.69 Å². The number of nitrogens with zero attached hydrogens (tertiary/aromatic N) is 1.